The van der Waals surface area contributed by atoms with Gasteiger partial charge in [-0.3, -0.25) is 4.90 Å². The Bertz CT molecular complexity index is 676. The lowest BCUT2D eigenvalue weighted by atomic mass is 9.87. The van der Waals surface area contributed by atoms with E-state index in [4.69, 9.17) is 4.42 Å². The molecule has 24 heavy (non-hydrogen) atoms. The summed E-state index contributed by atoms with van der Waals surface area (Å²) in [7, 11) is 0. The highest BCUT2D eigenvalue weighted by Crippen LogP contribution is 2.39. The largest absolute Gasteiger partial charge is 0.424 e. The second kappa shape index (κ2) is 6.61. The van der Waals surface area contributed by atoms with Crippen molar-refractivity contribution >= 4 is 0 Å². The van der Waals surface area contributed by atoms with Crippen LogP contribution in [-0.2, 0) is 6.54 Å². The monoisotopic (exact) mass is 331 g/mol. The zero-order valence-corrected chi connectivity index (χ0v) is 13.6. The summed E-state index contributed by atoms with van der Waals surface area (Å²) in [6.45, 7) is 2.47. The number of likely N-dealkylation sites (tertiary alicyclic amines) is 1. The van der Waals surface area contributed by atoms with Crippen molar-refractivity contribution in [2.45, 2.75) is 44.2 Å². The molecular formula is C18H22FN3O2. The summed E-state index contributed by atoms with van der Waals surface area (Å²) in [5.41, 5.74) is 0.792. The average molecular weight is 331 g/mol. The number of nitrogens with zero attached hydrogens (tertiary/aromatic N) is 3. The molecule has 2 fully saturated rings. The van der Waals surface area contributed by atoms with E-state index in [1.54, 1.807) is 12.1 Å². The van der Waals surface area contributed by atoms with Gasteiger partial charge in [0.15, 0.2) is 0 Å². The highest BCUT2D eigenvalue weighted by atomic mass is 19.1. The number of aromatic nitrogens is 2. The van der Waals surface area contributed by atoms with Crippen LogP contribution in [0, 0.1) is 11.7 Å². The third kappa shape index (κ3) is 3.49. The molecule has 0 radical (unpaired) electrons. The zero-order chi connectivity index (χ0) is 16.5. The van der Waals surface area contributed by atoms with Crippen molar-refractivity contribution in [2.75, 3.05) is 13.1 Å². The van der Waals surface area contributed by atoms with Gasteiger partial charge in [-0.2, -0.15) is 0 Å². The molecule has 2 aliphatic rings. The first-order chi connectivity index (χ1) is 11.7. The normalized spacial score (nSPS) is 21.1. The van der Waals surface area contributed by atoms with E-state index in [0.29, 0.717) is 18.4 Å². The molecule has 0 bridgehead atoms. The Morgan fingerprint density at radius 1 is 1.12 bits per heavy atom. The van der Waals surface area contributed by atoms with E-state index in [1.165, 1.54) is 12.1 Å². The maximum atomic E-state index is 13.0. The average Bonchev–Trinajstić information content (AvgIpc) is 3.36. The second-order valence-corrected chi connectivity index (χ2v) is 6.92. The van der Waals surface area contributed by atoms with Crippen molar-refractivity contribution in [3.05, 3.63) is 47.4 Å². The van der Waals surface area contributed by atoms with Crippen LogP contribution >= 0.6 is 0 Å². The van der Waals surface area contributed by atoms with Gasteiger partial charge >= 0.3 is 0 Å². The van der Waals surface area contributed by atoms with Gasteiger partial charge in [0.1, 0.15) is 5.82 Å². The molecule has 1 aliphatic heterocycles. The van der Waals surface area contributed by atoms with Gasteiger partial charge in [0.25, 0.3) is 0 Å². The van der Waals surface area contributed by atoms with E-state index < -0.39 is 6.10 Å². The van der Waals surface area contributed by atoms with E-state index >= 15 is 0 Å². The molecule has 1 atom stereocenters. The molecule has 2 aromatic rings. The Hall–Kier alpha value is -1.79. The van der Waals surface area contributed by atoms with Gasteiger partial charge in [0.05, 0.1) is 12.6 Å². The Balaban J connectivity index is 1.30. The SMILES string of the molecule is OC(c1ccc(F)cc1)C1CCN(Cc2nnc(C3CC3)o2)CC1. The van der Waals surface area contributed by atoms with Gasteiger partial charge in [0.2, 0.25) is 11.8 Å². The van der Waals surface area contributed by atoms with Gasteiger partial charge in [-0.1, -0.05) is 12.1 Å². The molecule has 128 valence electrons. The van der Waals surface area contributed by atoms with Gasteiger partial charge in [-0.05, 0) is 62.4 Å². The summed E-state index contributed by atoms with van der Waals surface area (Å²) < 4.78 is 18.7. The highest BCUT2D eigenvalue weighted by molar-refractivity contribution is 5.19. The van der Waals surface area contributed by atoms with E-state index in [9.17, 15) is 9.50 Å². The number of rotatable bonds is 5. The number of aliphatic hydroxyl groups excluding tert-OH is 1. The predicted octanol–water partition coefficient (Wildman–Crippen LogP) is 3.03. The quantitative estimate of drug-likeness (QED) is 0.912. The standard InChI is InChI=1S/C18H22FN3O2/c19-15-5-3-12(4-6-15)17(23)13-7-9-22(10-8-13)11-16-20-21-18(24-16)14-1-2-14/h3-6,13-14,17,23H,1-2,7-11H2. The van der Waals surface area contributed by atoms with Gasteiger partial charge in [-0.15, -0.1) is 10.2 Å². The summed E-state index contributed by atoms with van der Waals surface area (Å²) in [6.07, 6.45) is 3.60. The minimum absolute atomic E-state index is 0.205. The molecular weight excluding hydrogens is 309 g/mol. The first-order valence-corrected chi connectivity index (χ1v) is 8.67. The van der Waals surface area contributed by atoms with Crippen molar-refractivity contribution in [1.29, 1.82) is 0 Å². The first kappa shape index (κ1) is 15.7. The first-order valence-electron chi connectivity index (χ1n) is 8.67. The van der Waals surface area contributed by atoms with Crippen LogP contribution in [0.4, 0.5) is 4.39 Å². The van der Waals surface area contributed by atoms with E-state index in [-0.39, 0.29) is 11.7 Å². The molecule has 6 heteroatoms. The fourth-order valence-electron chi connectivity index (χ4n) is 3.38. The molecule has 1 saturated heterocycles. The van der Waals surface area contributed by atoms with Gasteiger partial charge in [-0.25, -0.2) is 4.39 Å². The minimum Gasteiger partial charge on any atom is -0.424 e. The van der Waals surface area contributed by atoms with Crippen LogP contribution in [0.15, 0.2) is 28.7 Å². The van der Waals surface area contributed by atoms with E-state index in [0.717, 1.165) is 50.2 Å². The fourth-order valence-corrected chi connectivity index (χ4v) is 3.38. The number of benzene rings is 1. The summed E-state index contributed by atoms with van der Waals surface area (Å²) >= 11 is 0. The third-order valence-electron chi connectivity index (χ3n) is 5.06. The van der Waals surface area contributed by atoms with Crippen LogP contribution < -0.4 is 0 Å². The second-order valence-electron chi connectivity index (χ2n) is 6.92. The number of halogens is 1. The van der Waals surface area contributed by atoms with Gasteiger partial charge < -0.3 is 9.52 Å². The Labute approximate surface area is 140 Å². The van der Waals surface area contributed by atoms with Crippen molar-refractivity contribution in [2.24, 2.45) is 5.92 Å². The molecule has 1 aliphatic carbocycles. The van der Waals surface area contributed by atoms with Crippen LogP contribution in [-0.4, -0.2) is 33.3 Å². The third-order valence-corrected chi connectivity index (χ3v) is 5.06. The lowest BCUT2D eigenvalue weighted by molar-refractivity contribution is 0.0542. The highest BCUT2D eigenvalue weighted by Gasteiger charge is 2.30. The lowest BCUT2D eigenvalue weighted by Gasteiger charge is -2.33. The predicted molar refractivity (Wildman–Crippen MR) is 85.6 cm³/mol. The van der Waals surface area contributed by atoms with Crippen LogP contribution in [0.2, 0.25) is 0 Å². The Kier molecular flexibility index (Phi) is 4.33. The molecule has 1 aromatic carbocycles. The molecule has 4 rings (SSSR count). The zero-order valence-electron chi connectivity index (χ0n) is 13.6. The fraction of sp³-hybridized carbons (Fsp3) is 0.556. The minimum atomic E-state index is -0.530. The van der Waals surface area contributed by atoms with Crippen LogP contribution in [0.5, 0.6) is 0 Å². The summed E-state index contributed by atoms with van der Waals surface area (Å²) in [5.74, 6) is 1.89. The molecule has 5 nitrogen and oxygen atoms in total. The number of piperidine rings is 1. The summed E-state index contributed by atoms with van der Waals surface area (Å²) in [6, 6.07) is 6.15. The van der Waals surface area contributed by atoms with Crippen LogP contribution in [0.25, 0.3) is 0 Å². The number of aliphatic hydroxyl groups is 1. The smallest absolute Gasteiger partial charge is 0.230 e. The summed E-state index contributed by atoms with van der Waals surface area (Å²) in [5, 5.41) is 18.8. The van der Waals surface area contributed by atoms with Gasteiger partial charge in [0, 0.05) is 5.92 Å². The molecule has 1 unspecified atom stereocenters. The molecule has 1 saturated carbocycles. The van der Waals surface area contributed by atoms with Crippen molar-refractivity contribution in [3.8, 4) is 0 Å². The number of hydrogen-bond acceptors (Lipinski definition) is 5. The maximum Gasteiger partial charge on any atom is 0.230 e. The molecule has 0 amide bonds. The number of hydrogen-bond donors (Lipinski definition) is 1. The maximum absolute atomic E-state index is 13.0. The van der Waals surface area contributed by atoms with E-state index in [2.05, 4.69) is 15.1 Å². The van der Waals surface area contributed by atoms with E-state index in [1.807, 2.05) is 0 Å². The van der Waals surface area contributed by atoms with Crippen LogP contribution in [0.3, 0.4) is 0 Å². The topological polar surface area (TPSA) is 62.4 Å². The van der Waals surface area contributed by atoms with Crippen molar-refractivity contribution in [1.82, 2.24) is 15.1 Å². The Morgan fingerprint density at radius 3 is 2.50 bits per heavy atom. The Morgan fingerprint density at radius 2 is 1.83 bits per heavy atom. The van der Waals surface area contributed by atoms with Crippen molar-refractivity contribution < 1.29 is 13.9 Å². The molecule has 0 spiro atoms. The molecule has 1 aromatic heterocycles. The van der Waals surface area contributed by atoms with Crippen LogP contribution in [0.1, 0.15) is 55.1 Å². The molecule has 2 heterocycles. The van der Waals surface area contributed by atoms with Crippen molar-refractivity contribution in [3.63, 3.8) is 0 Å². The molecule has 1 N–H and O–H groups in total. The summed E-state index contributed by atoms with van der Waals surface area (Å²) in [4.78, 5) is 2.29. The lowest BCUT2D eigenvalue weighted by Crippen LogP contribution is -2.35.